The number of aromatic nitrogens is 3. The summed E-state index contributed by atoms with van der Waals surface area (Å²) in [6, 6.07) is 4.85. The molecule has 1 aliphatic rings. The molecular formula is C23H27F2N7O2. The summed E-state index contributed by atoms with van der Waals surface area (Å²) in [7, 11) is 3.61. The van der Waals surface area contributed by atoms with Gasteiger partial charge < -0.3 is 25.7 Å². The summed E-state index contributed by atoms with van der Waals surface area (Å²) < 4.78 is 29.8. The average Bonchev–Trinajstić information content (AvgIpc) is 3.27. The van der Waals surface area contributed by atoms with Gasteiger partial charge in [0.05, 0.1) is 17.5 Å². The zero-order valence-corrected chi connectivity index (χ0v) is 18.9. The number of H-pyrrole nitrogens is 1. The van der Waals surface area contributed by atoms with Crippen LogP contribution >= 0.6 is 0 Å². The molecule has 1 fully saturated rings. The number of alkyl halides is 2. The third-order valence-corrected chi connectivity index (χ3v) is 6.11. The normalized spacial score (nSPS) is 18.1. The lowest BCUT2D eigenvalue weighted by atomic mass is 9.91. The van der Waals surface area contributed by atoms with Crippen LogP contribution in [0.4, 0.5) is 14.5 Å². The van der Waals surface area contributed by atoms with Gasteiger partial charge in [-0.2, -0.15) is 8.78 Å². The van der Waals surface area contributed by atoms with Gasteiger partial charge in [0.25, 0.3) is 5.91 Å². The van der Waals surface area contributed by atoms with Crippen LogP contribution in [0.1, 0.15) is 47.3 Å². The van der Waals surface area contributed by atoms with Crippen molar-refractivity contribution in [2.45, 2.75) is 44.4 Å². The van der Waals surface area contributed by atoms with Gasteiger partial charge in [-0.15, -0.1) is 0 Å². The van der Waals surface area contributed by atoms with Crippen LogP contribution in [0.25, 0.3) is 11.2 Å². The van der Waals surface area contributed by atoms with Crippen LogP contribution in [0.3, 0.4) is 0 Å². The molecule has 0 radical (unpaired) electrons. The minimum absolute atomic E-state index is 0.0450. The molecule has 1 aromatic carbocycles. The Morgan fingerprint density at radius 2 is 1.91 bits per heavy atom. The van der Waals surface area contributed by atoms with Crippen LogP contribution in [-0.4, -0.2) is 59.4 Å². The smallest absolute Gasteiger partial charge is 0.387 e. The van der Waals surface area contributed by atoms with Gasteiger partial charge in [0.15, 0.2) is 5.65 Å². The number of hydrogen-bond acceptors (Lipinski definition) is 7. The number of aromatic amines is 1. The van der Waals surface area contributed by atoms with Crippen LogP contribution in [0, 0.1) is 5.41 Å². The topological polar surface area (TPSA) is 128 Å². The molecule has 11 heteroatoms. The predicted molar refractivity (Wildman–Crippen MR) is 125 cm³/mol. The Morgan fingerprint density at radius 3 is 2.59 bits per heavy atom. The highest BCUT2D eigenvalue weighted by Crippen LogP contribution is 2.26. The zero-order chi connectivity index (χ0) is 24.2. The molecule has 2 heterocycles. The SMILES string of the molecule is CNc1ccc(OC(F)F)cc1C(=N)c1cnc2[nH]cc(C(=O)NC3CCC(NC)CC3)c2n1. The quantitative estimate of drug-likeness (QED) is 0.321. The van der Waals surface area contributed by atoms with Crippen molar-refractivity contribution in [3.8, 4) is 5.75 Å². The number of ether oxygens (including phenoxy) is 1. The van der Waals surface area contributed by atoms with Crippen LogP contribution in [0.15, 0.2) is 30.6 Å². The molecule has 0 unspecified atom stereocenters. The number of fused-ring (bicyclic) bond motifs is 1. The maximum Gasteiger partial charge on any atom is 0.387 e. The van der Waals surface area contributed by atoms with Crippen molar-refractivity contribution in [2.75, 3.05) is 19.4 Å². The monoisotopic (exact) mass is 471 g/mol. The van der Waals surface area contributed by atoms with E-state index in [0.29, 0.717) is 34.0 Å². The molecule has 1 aliphatic carbocycles. The number of benzene rings is 1. The van der Waals surface area contributed by atoms with E-state index in [1.165, 1.54) is 18.3 Å². The number of hydrogen-bond donors (Lipinski definition) is 5. The Balaban J connectivity index is 1.59. The number of carbonyl (C=O) groups excluding carboxylic acids is 1. The van der Waals surface area contributed by atoms with E-state index >= 15 is 0 Å². The molecule has 0 aliphatic heterocycles. The molecule has 1 amide bonds. The van der Waals surface area contributed by atoms with Crippen LogP contribution in [0.2, 0.25) is 0 Å². The van der Waals surface area contributed by atoms with Crippen LogP contribution < -0.4 is 20.7 Å². The first-order chi connectivity index (χ1) is 16.4. The van der Waals surface area contributed by atoms with Crippen molar-refractivity contribution in [3.05, 3.63) is 47.4 Å². The molecule has 9 nitrogen and oxygen atoms in total. The predicted octanol–water partition coefficient (Wildman–Crippen LogP) is 3.28. The number of halogens is 2. The first-order valence-electron chi connectivity index (χ1n) is 11.1. The zero-order valence-electron chi connectivity index (χ0n) is 18.9. The summed E-state index contributed by atoms with van der Waals surface area (Å²) >= 11 is 0. The Hall–Kier alpha value is -3.60. The molecule has 0 atom stereocenters. The minimum atomic E-state index is -2.98. The molecule has 0 spiro atoms. The second kappa shape index (κ2) is 10.1. The summed E-state index contributed by atoms with van der Waals surface area (Å²) in [5.41, 5.74) is 2.11. The van der Waals surface area contributed by atoms with Gasteiger partial charge in [-0.1, -0.05) is 0 Å². The second-order valence-electron chi connectivity index (χ2n) is 8.18. The summed E-state index contributed by atoms with van der Waals surface area (Å²) in [4.78, 5) is 24.7. The van der Waals surface area contributed by atoms with E-state index in [9.17, 15) is 13.6 Å². The standard InChI is InChI=1S/C23H27F2N7O2/c1-27-12-3-5-13(6-4-12)31-22(33)16-10-29-21-20(16)32-18(11-30-21)19(26)15-9-14(34-23(24)25)7-8-17(15)28-2/h7-13,23,26-28H,3-6H2,1-2H3,(H,29,30)(H,31,33). The molecular weight excluding hydrogens is 444 g/mol. The van der Waals surface area contributed by atoms with Gasteiger partial charge in [-0.3, -0.25) is 10.2 Å². The molecule has 2 aromatic heterocycles. The second-order valence-corrected chi connectivity index (χ2v) is 8.18. The van der Waals surface area contributed by atoms with Crippen molar-refractivity contribution in [2.24, 2.45) is 0 Å². The van der Waals surface area contributed by atoms with Crippen molar-refractivity contribution >= 4 is 28.5 Å². The van der Waals surface area contributed by atoms with Crippen LogP contribution in [-0.2, 0) is 0 Å². The third kappa shape index (κ3) is 4.98. The van der Waals surface area contributed by atoms with E-state index in [2.05, 4.69) is 35.6 Å². The highest BCUT2D eigenvalue weighted by atomic mass is 19.3. The minimum Gasteiger partial charge on any atom is -0.435 e. The van der Waals surface area contributed by atoms with Crippen molar-refractivity contribution in [1.82, 2.24) is 25.6 Å². The highest BCUT2D eigenvalue weighted by Gasteiger charge is 2.24. The Bertz CT molecular complexity index is 1190. The lowest BCUT2D eigenvalue weighted by molar-refractivity contribution is -0.0498. The summed E-state index contributed by atoms with van der Waals surface area (Å²) in [5, 5.41) is 17.9. The van der Waals surface area contributed by atoms with Crippen LogP contribution in [0.5, 0.6) is 5.75 Å². The molecule has 180 valence electrons. The molecule has 3 aromatic rings. The fourth-order valence-corrected chi connectivity index (χ4v) is 4.24. The number of rotatable bonds is 8. The molecule has 34 heavy (non-hydrogen) atoms. The number of carbonyl (C=O) groups is 1. The Labute approximate surface area is 195 Å². The van der Waals surface area contributed by atoms with E-state index in [4.69, 9.17) is 5.41 Å². The third-order valence-electron chi connectivity index (χ3n) is 6.11. The number of anilines is 1. The highest BCUT2D eigenvalue weighted by molar-refractivity contribution is 6.14. The maximum absolute atomic E-state index is 13.0. The van der Waals surface area contributed by atoms with E-state index in [-0.39, 0.29) is 29.1 Å². The molecule has 5 N–H and O–H groups in total. The molecule has 4 rings (SSSR count). The average molecular weight is 472 g/mol. The van der Waals surface area contributed by atoms with Gasteiger partial charge in [-0.25, -0.2) is 9.97 Å². The number of nitrogens with one attached hydrogen (secondary N) is 5. The first kappa shape index (κ1) is 23.6. The maximum atomic E-state index is 13.0. The summed E-state index contributed by atoms with van der Waals surface area (Å²) in [5.74, 6) is -0.321. The van der Waals surface area contributed by atoms with Gasteiger partial charge >= 0.3 is 6.61 Å². The van der Waals surface area contributed by atoms with Gasteiger partial charge in [0.1, 0.15) is 17.0 Å². The van der Waals surface area contributed by atoms with Gasteiger partial charge in [0, 0.05) is 36.6 Å². The van der Waals surface area contributed by atoms with Crippen molar-refractivity contribution < 1.29 is 18.3 Å². The lowest BCUT2D eigenvalue weighted by Crippen LogP contribution is -2.41. The summed E-state index contributed by atoms with van der Waals surface area (Å²) in [6.07, 6.45) is 6.75. The molecule has 1 saturated carbocycles. The van der Waals surface area contributed by atoms with E-state index in [1.807, 2.05) is 7.05 Å². The van der Waals surface area contributed by atoms with Gasteiger partial charge in [-0.05, 0) is 50.9 Å². The fraction of sp³-hybridized carbons (Fsp3) is 0.391. The fourth-order valence-electron chi connectivity index (χ4n) is 4.24. The van der Waals surface area contributed by atoms with Gasteiger partial charge in [0.2, 0.25) is 0 Å². The molecule has 0 saturated heterocycles. The Morgan fingerprint density at radius 1 is 1.18 bits per heavy atom. The van der Waals surface area contributed by atoms with Crippen molar-refractivity contribution in [3.63, 3.8) is 0 Å². The number of nitrogens with zero attached hydrogens (tertiary/aromatic N) is 2. The number of amides is 1. The first-order valence-corrected chi connectivity index (χ1v) is 11.1. The summed E-state index contributed by atoms with van der Waals surface area (Å²) in [6.45, 7) is -2.98. The van der Waals surface area contributed by atoms with E-state index < -0.39 is 6.61 Å². The van der Waals surface area contributed by atoms with E-state index in [1.54, 1.807) is 19.3 Å². The van der Waals surface area contributed by atoms with E-state index in [0.717, 1.165) is 25.7 Å². The Kier molecular flexibility index (Phi) is 7.01. The molecule has 0 bridgehead atoms. The lowest BCUT2D eigenvalue weighted by Gasteiger charge is -2.28. The largest absolute Gasteiger partial charge is 0.435 e. The van der Waals surface area contributed by atoms with Crippen molar-refractivity contribution in [1.29, 1.82) is 5.41 Å².